The van der Waals surface area contributed by atoms with Crippen LogP contribution in [0, 0.1) is 5.82 Å². The lowest BCUT2D eigenvalue weighted by Crippen LogP contribution is -2.31. The highest BCUT2D eigenvalue weighted by Gasteiger charge is 2.45. The summed E-state index contributed by atoms with van der Waals surface area (Å²) in [5, 5.41) is 3.36. The predicted molar refractivity (Wildman–Crippen MR) is 89.7 cm³/mol. The fraction of sp³-hybridized carbons (Fsp3) is 0.333. The van der Waals surface area contributed by atoms with E-state index < -0.39 is 15.4 Å². The Morgan fingerprint density at radius 3 is 2.21 bits per heavy atom. The number of hydrogen-bond acceptors (Lipinski definition) is 4. The molecule has 0 aliphatic carbocycles. The van der Waals surface area contributed by atoms with Crippen molar-refractivity contribution in [3.8, 4) is 0 Å². The zero-order chi connectivity index (χ0) is 17.5. The van der Waals surface area contributed by atoms with E-state index in [-0.39, 0.29) is 23.0 Å². The highest BCUT2D eigenvalue weighted by atomic mass is 32.2. The average molecular weight is 349 g/mol. The standard InChI is InChI=1S/C18H20FNO3S/c1-12-20-17(13-4-8-15(19)9-5-13)18(2,23-12)14-6-10-16(11-7-14)24(3,21)22/h4-12,17,20H,1-3H3. The maximum Gasteiger partial charge on any atom is 0.175 e. The lowest BCUT2D eigenvalue weighted by molar-refractivity contribution is -0.0330. The van der Waals surface area contributed by atoms with Crippen LogP contribution in [0.25, 0.3) is 0 Å². The first-order chi connectivity index (χ1) is 11.2. The Morgan fingerprint density at radius 1 is 1.08 bits per heavy atom. The van der Waals surface area contributed by atoms with Gasteiger partial charge in [-0.05, 0) is 49.2 Å². The summed E-state index contributed by atoms with van der Waals surface area (Å²) in [7, 11) is -3.24. The summed E-state index contributed by atoms with van der Waals surface area (Å²) < 4.78 is 42.6. The summed E-state index contributed by atoms with van der Waals surface area (Å²) in [6.45, 7) is 3.86. The molecule has 0 aromatic heterocycles. The second kappa shape index (κ2) is 5.95. The second-order valence-corrected chi connectivity index (χ2v) is 8.33. The lowest BCUT2D eigenvalue weighted by atomic mass is 9.85. The van der Waals surface area contributed by atoms with Crippen molar-refractivity contribution in [3.63, 3.8) is 0 Å². The van der Waals surface area contributed by atoms with Crippen LogP contribution in [0.3, 0.4) is 0 Å². The molecule has 0 saturated carbocycles. The van der Waals surface area contributed by atoms with Crippen molar-refractivity contribution in [2.75, 3.05) is 6.26 Å². The molecule has 1 aliphatic rings. The summed E-state index contributed by atoms with van der Waals surface area (Å²) in [5.41, 5.74) is 1.09. The van der Waals surface area contributed by atoms with Crippen LogP contribution in [-0.4, -0.2) is 20.9 Å². The van der Waals surface area contributed by atoms with Gasteiger partial charge in [-0.25, -0.2) is 12.8 Å². The van der Waals surface area contributed by atoms with Crippen molar-refractivity contribution in [1.82, 2.24) is 5.32 Å². The molecule has 1 N–H and O–H groups in total. The van der Waals surface area contributed by atoms with Gasteiger partial charge in [-0.15, -0.1) is 0 Å². The molecule has 6 heteroatoms. The smallest absolute Gasteiger partial charge is 0.175 e. The summed E-state index contributed by atoms with van der Waals surface area (Å²) in [6.07, 6.45) is 1.00. The molecule has 1 aliphatic heterocycles. The Balaban J connectivity index is 2.01. The molecular formula is C18H20FNO3S. The largest absolute Gasteiger partial charge is 0.351 e. The molecule has 0 amide bonds. The molecule has 3 unspecified atom stereocenters. The van der Waals surface area contributed by atoms with Crippen molar-refractivity contribution >= 4 is 9.84 Å². The quantitative estimate of drug-likeness (QED) is 0.925. The van der Waals surface area contributed by atoms with Gasteiger partial charge in [0.05, 0.1) is 10.9 Å². The Bertz CT molecular complexity index is 834. The van der Waals surface area contributed by atoms with Crippen molar-refractivity contribution in [3.05, 3.63) is 65.5 Å². The van der Waals surface area contributed by atoms with Crippen molar-refractivity contribution in [1.29, 1.82) is 0 Å². The van der Waals surface area contributed by atoms with E-state index in [2.05, 4.69) is 5.32 Å². The van der Waals surface area contributed by atoms with Crippen LogP contribution in [0.15, 0.2) is 53.4 Å². The molecule has 1 heterocycles. The molecule has 128 valence electrons. The molecule has 3 rings (SSSR count). The molecule has 0 radical (unpaired) electrons. The second-order valence-electron chi connectivity index (χ2n) is 6.31. The highest BCUT2D eigenvalue weighted by molar-refractivity contribution is 7.90. The maximum atomic E-state index is 13.2. The third-order valence-electron chi connectivity index (χ3n) is 4.43. The Kier molecular flexibility index (Phi) is 4.23. The molecule has 1 fully saturated rings. The minimum Gasteiger partial charge on any atom is -0.351 e. The SMILES string of the molecule is CC1NC(c2ccc(F)cc2)C(C)(c2ccc(S(C)(=O)=O)cc2)O1. The van der Waals surface area contributed by atoms with E-state index >= 15 is 0 Å². The minimum atomic E-state index is -3.24. The average Bonchev–Trinajstić information content (AvgIpc) is 2.83. The van der Waals surface area contributed by atoms with Crippen LogP contribution in [-0.2, 0) is 20.2 Å². The highest BCUT2D eigenvalue weighted by Crippen LogP contribution is 2.43. The monoisotopic (exact) mass is 349 g/mol. The van der Waals surface area contributed by atoms with Crippen LogP contribution in [0.5, 0.6) is 0 Å². The minimum absolute atomic E-state index is 0.169. The van der Waals surface area contributed by atoms with E-state index in [9.17, 15) is 12.8 Å². The van der Waals surface area contributed by atoms with E-state index in [1.54, 1.807) is 36.4 Å². The number of nitrogens with one attached hydrogen (secondary N) is 1. The van der Waals surface area contributed by atoms with Crippen LogP contribution < -0.4 is 5.32 Å². The van der Waals surface area contributed by atoms with E-state index in [0.29, 0.717) is 0 Å². The lowest BCUT2D eigenvalue weighted by Gasteiger charge is -2.31. The van der Waals surface area contributed by atoms with Gasteiger partial charge < -0.3 is 4.74 Å². The van der Waals surface area contributed by atoms with Crippen LogP contribution in [0.4, 0.5) is 4.39 Å². The summed E-state index contributed by atoms with van der Waals surface area (Å²) in [5.74, 6) is -0.287. The molecule has 0 spiro atoms. The number of hydrogen-bond donors (Lipinski definition) is 1. The van der Waals surface area contributed by atoms with Crippen LogP contribution in [0.2, 0.25) is 0 Å². The van der Waals surface area contributed by atoms with Crippen LogP contribution in [0.1, 0.15) is 31.0 Å². The van der Waals surface area contributed by atoms with E-state index in [4.69, 9.17) is 4.74 Å². The molecule has 4 nitrogen and oxygen atoms in total. The number of rotatable bonds is 3. The van der Waals surface area contributed by atoms with Gasteiger partial charge in [0.25, 0.3) is 0 Å². The van der Waals surface area contributed by atoms with Gasteiger partial charge in [0, 0.05) is 6.26 Å². The first-order valence-corrected chi connectivity index (χ1v) is 9.59. The van der Waals surface area contributed by atoms with Gasteiger partial charge in [-0.3, -0.25) is 5.32 Å². The van der Waals surface area contributed by atoms with Crippen molar-refractivity contribution < 1.29 is 17.5 Å². The van der Waals surface area contributed by atoms with Gasteiger partial charge in [-0.2, -0.15) is 0 Å². The molecule has 24 heavy (non-hydrogen) atoms. The Morgan fingerprint density at radius 2 is 1.67 bits per heavy atom. The van der Waals surface area contributed by atoms with Gasteiger partial charge in [0.15, 0.2) is 9.84 Å². The van der Waals surface area contributed by atoms with Crippen LogP contribution >= 0.6 is 0 Å². The summed E-state index contributed by atoms with van der Waals surface area (Å²) in [6, 6.07) is 12.9. The van der Waals surface area contributed by atoms with E-state index in [0.717, 1.165) is 11.1 Å². The first-order valence-electron chi connectivity index (χ1n) is 7.70. The predicted octanol–water partition coefficient (Wildman–Crippen LogP) is 3.15. The number of sulfone groups is 1. The zero-order valence-electron chi connectivity index (χ0n) is 13.8. The molecule has 0 bridgehead atoms. The normalized spacial score (nSPS) is 27.3. The maximum absolute atomic E-state index is 13.2. The fourth-order valence-corrected chi connectivity index (χ4v) is 3.83. The molecule has 2 aromatic carbocycles. The Labute approximate surface area is 141 Å². The van der Waals surface area contributed by atoms with Crippen molar-refractivity contribution in [2.45, 2.75) is 36.6 Å². The van der Waals surface area contributed by atoms with Gasteiger partial charge in [0.2, 0.25) is 0 Å². The number of ether oxygens (including phenoxy) is 1. The van der Waals surface area contributed by atoms with E-state index in [1.807, 2.05) is 13.8 Å². The molecule has 2 aromatic rings. The third-order valence-corrected chi connectivity index (χ3v) is 5.56. The number of benzene rings is 2. The Hall–Kier alpha value is -1.76. The third kappa shape index (κ3) is 3.09. The first kappa shape index (κ1) is 17.1. The van der Waals surface area contributed by atoms with Crippen molar-refractivity contribution in [2.24, 2.45) is 0 Å². The van der Waals surface area contributed by atoms with E-state index in [1.165, 1.54) is 18.4 Å². The van der Waals surface area contributed by atoms with Gasteiger partial charge >= 0.3 is 0 Å². The topological polar surface area (TPSA) is 55.4 Å². The van der Waals surface area contributed by atoms with Gasteiger partial charge in [-0.1, -0.05) is 24.3 Å². The zero-order valence-corrected chi connectivity index (χ0v) is 14.6. The summed E-state index contributed by atoms with van der Waals surface area (Å²) in [4.78, 5) is 0.271. The summed E-state index contributed by atoms with van der Waals surface area (Å²) >= 11 is 0. The number of halogens is 1. The molecular weight excluding hydrogens is 329 g/mol. The van der Waals surface area contributed by atoms with Gasteiger partial charge in [0.1, 0.15) is 17.6 Å². The molecule has 1 saturated heterocycles. The molecule has 3 atom stereocenters. The fourth-order valence-electron chi connectivity index (χ4n) is 3.20.